The molecule has 6 nitrogen and oxygen atoms in total. The van der Waals surface area contributed by atoms with Crippen molar-refractivity contribution >= 4 is 36.9 Å². The SMILES string of the molecule is Cc1cc(C)c(S(=O)(=O)n2cc(C(O)CBr)c3ccn(C4CC4)c(=O)c32)c(C)c1. The van der Waals surface area contributed by atoms with Crippen LogP contribution in [-0.4, -0.2) is 27.4 Å². The number of nitrogens with zero attached hydrogens (tertiary/aromatic N) is 2. The van der Waals surface area contributed by atoms with Crippen LogP contribution in [0.3, 0.4) is 0 Å². The standard InChI is InChI=1S/C21H23BrN2O4S/c1-12-8-13(2)20(14(3)9-12)29(27,28)24-11-17(18(25)10-22)16-6-7-23(15-4-5-15)21(26)19(16)24/h6-9,11,15,18,25H,4-5,10H2,1-3H3. The van der Waals surface area contributed by atoms with Crippen LogP contribution in [0.15, 0.2) is 40.3 Å². The maximum Gasteiger partial charge on any atom is 0.276 e. The second-order valence-corrected chi connectivity index (χ2v) is 10.2. The van der Waals surface area contributed by atoms with Crippen molar-refractivity contribution in [2.24, 2.45) is 0 Å². The van der Waals surface area contributed by atoms with Gasteiger partial charge in [0.2, 0.25) is 0 Å². The Morgan fingerprint density at radius 3 is 2.38 bits per heavy atom. The first kappa shape index (κ1) is 20.4. The van der Waals surface area contributed by atoms with E-state index in [4.69, 9.17) is 0 Å². The second-order valence-electron chi connectivity index (χ2n) is 7.80. The zero-order valence-electron chi connectivity index (χ0n) is 16.5. The molecule has 1 aromatic carbocycles. The molecule has 0 saturated heterocycles. The van der Waals surface area contributed by atoms with Crippen LogP contribution < -0.4 is 5.56 Å². The Balaban J connectivity index is 2.08. The first-order valence-corrected chi connectivity index (χ1v) is 12.1. The maximum absolute atomic E-state index is 13.7. The lowest BCUT2D eigenvalue weighted by Gasteiger charge is -2.14. The summed E-state index contributed by atoms with van der Waals surface area (Å²) in [6, 6.07) is 5.49. The lowest BCUT2D eigenvalue weighted by atomic mass is 10.1. The van der Waals surface area contributed by atoms with Gasteiger partial charge in [-0.05, 0) is 50.8 Å². The zero-order chi connectivity index (χ0) is 21.1. The number of pyridine rings is 1. The number of aliphatic hydroxyl groups excluding tert-OH is 1. The van der Waals surface area contributed by atoms with E-state index in [0.29, 0.717) is 22.1 Å². The van der Waals surface area contributed by atoms with E-state index >= 15 is 0 Å². The predicted octanol–water partition coefficient (Wildman–Crippen LogP) is 3.73. The molecule has 1 unspecified atom stereocenters. The van der Waals surface area contributed by atoms with Crippen molar-refractivity contribution < 1.29 is 13.5 Å². The summed E-state index contributed by atoms with van der Waals surface area (Å²) in [5, 5.41) is 11.1. The molecule has 1 aliphatic carbocycles. The molecular formula is C21H23BrN2O4S. The van der Waals surface area contributed by atoms with E-state index in [0.717, 1.165) is 22.4 Å². The number of aliphatic hydroxyl groups is 1. The van der Waals surface area contributed by atoms with Crippen LogP contribution in [-0.2, 0) is 10.0 Å². The molecule has 3 aromatic rings. The summed E-state index contributed by atoms with van der Waals surface area (Å²) in [6.45, 7) is 5.44. The number of benzene rings is 1. The molecule has 0 aliphatic heterocycles. The summed E-state index contributed by atoms with van der Waals surface area (Å²) in [5.41, 5.74) is 2.40. The van der Waals surface area contributed by atoms with Crippen molar-refractivity contribution in [1.29, 1.82) is 0 Å². The monoisotopic (exact) mass is 478 g/mol. The first-order chi connectivity index (χ1) is 13.7. The minimum atomic E-state index is -4.03. The van der Waals surface area contributed by atoms with Crippen molar-refractivity contribution in [3.63, 3.8) is 0 Å². The van der Waals surface area contributed by atoms with Crippen molar-refractivity contribution in [2.75, 3.05) is 5.33 Å². The van der Waals surface area contributed by atoms with Crippen LogP contribution in [0.1, 0.15) is 47.2 Å². The molecular weight excluding hydrogens is 456 g/mol. The van der Waals surface area contributed by atoms with Gasteiger partial charge >= 0.3 is 0 Å². The van der Waals surface area contributed by atoms with E-state index in [9.17, 15) is 18.3 Å². The highest BCUT2D eigenvalue weighted by Gasteiger charge is 2.31. The number of rotatable bonds is 5. The highest BCUT2D eigenvalue weighted by molar-refractivity contribution is 9.09. The van der Waals surface area contributed by atoms with Crippen LogP contribution in [0, 0.1) is 20.8 Å². The molecule has 154 valence electrons. The Labute approximate surface area is 178 Å². The molecule has 2 heterocycles. The summed E-state index contributed by atoms with van der Waals surface area (Å²) >= 11 is 3.25. The summed E-state index contributed by atoms with van der Waals surface area (Å²) in [7, 11) is -4.03. The molecule has 1 fully saturated rings. The minimum Gasteiger partial charge on any atom is -0.387 e. The molecule has 1 saturated carbocycles. The van der Waals surface area contributed by atoms with Gasteiger partial charge in [-0.2, -0.15) is 0 Å². The van der Waals surface area contributed by atoms with Crippen LogP contribution in [0.5, 0.6) is 0 Å². The van der Waals surface area contributed by atoms with Gasteiger partial charge < -0.3 is 9.67 Å². The summed E-state index contributed by atoms with van der Waals surface area (Å²) in [4.78, 5) is 13.4. The molecule has 0 bridgehead atoms. The normalized spacial score (nSPS) is 15.8. The number of halogens is 1. The summed E-state index contributed by atoms with van der Waals surface area (Å²) in [6.07, 6.45) is 3.98. The number of hydrogen-bond acceptors (Lipinski definition) is 4. The summed E-state index contributed by atoms with van der Waals surface area (Å²) in [5.74, 6) is 0. The Morgan fingerprint density at radius 2 is 1.83 bits per heavy atom. The fourth-order valence-electron chi connectivity index (χ4n) is 4.10. The van der Waals surface area contributed by atoms with E-state index < -0.39 is 16.1 Å². The van der Waals surface area contributed by atoms with Gasteiger partial charge in [0.15, 0.2) is 0 Å². The van der Waals surface area contributed by atoms with Gasteiger partial charge in [0.1, 0.15) is 5.52 Å². The van der Waals surface area contributed by atoms with Crippen molar-refractivity contribution in [1.82, 2.24) is 8.54 Å². The quantitative estimate of drug-likeness (QED) is 0.566. The molecule has 1 aliphatic rings. The van der Waals surface area contributed by atoms with Gasteiger partial charge in [0.05, 0.1) is 11.0 Å². The lowest BCUT2D eigenvalue weighted by molar-refractivity contribution is 0.207. The molecule has 4 rings (SSSR count). The average Bonchev–Trinajstić information content (AvgIpc) is 3.39. The third kappa shape index (κ3) is 3.27. The molecule has 1 atom stereocenters. The Hall–Kier alpha value is -1.90. The first-order valence-electron chi connectivity index (χ1n) is 9.50. The molecule has 29 heavy (non-hydrogen) atoms. The predicted molar refractivity (Wildman–Crippen MR) is 116 cm³/mol. The van der Waals surface area contributed by atoms with E-state index in [2.05, 4.69) is 15.9 Å². The van der Waals surface area contributed by atoms with E-state index in [-0.39, 0.29) is 27.3 Å². The van der Waals surface area contributed by atoms with Crippen molar-refractivity contribution in [2.45, 2.75) is 50.7 Å². The number of aromatic nitrogens is 2. The number of fused-ring (bicyclic) bond motifs is 1. The number of hydrogen-bond donors (Lipinski definition) is 1. The fourth-order valence-corrected chi connectivity index (χ4v) is 6.24. The van der Waals surface area contributed by atoms with Crippen LogP contribution in [0.4, 0.5) is 0 Å². The van der Waals surface area contributed by atoms with E-state index in [1.54, 1.807) is 30.7 Å². The fraction of sp³-hybridized carbons (Fsp3) is 0.381. The molecule has 0 spiro atoms. The van der Waals surface area contributed by atoms with Crippen LogP contribution >= 0.6 is 15.9 Å². The highest BCUT2D eigenvalue weighted by atomic mass is 79.9. The van der Waals surface area contributed by atoms with E-state index in [1.165, 1.54) is 6.20 Å². The highest BCUT2D eigenvalue weighted by Crippen LogP contribution is 2.36. The second kappa shape index (κ2) is 7.11. The van der Waals surface area contributed by atoms with Crippen molar-refractivity contribution in [3.05, 3.63) is 63.2 Å². The van der Waals surface area contributed by atoms with Gasteiger partial charge in [-0.25, -0.2) is 12.4 Å². The smallest absolute Gasteiger partial charge is 0.276 e. The van der Waals surface area contributed by atoms with Gasteiger partial charge in [-0.15, -0.1) is 0 Å². The minimum absolute atomic E-state index is 0.0915. The van der Waals surface area contributed by atoms with Crippen LogP contribution in [0.2, 0.25) is 0 Å². The Kier molecular flexibility index (Phi) is 4.99. The van der Waals surface area contributed by atoms with Gasteiger partial charge in [-0.1, -0.05) is 33.6 Å². The topological polar surface area (TPSA) is 81.3 Å². The van der Waals surface area contributed by atoms with Crippen molar-refractivity contribution in [3.8, 4) is 0 Å². The van der Waals surface area contributed by atoms with Gasteiger partial charge in [-0.3, -0.25) is 4.79 Å². The zero-order valence-corrected chi connectivity index (χ0v) is 18.9. The molecule has 8 heteroatoms. The summed E-state index contributed by atoms with van der Waals surface area (Å²) < 4.78 is 30.1. The maximum atomic E-state index is 13.7. The third-order valence-electron chi connectivity index (χ3n) is 5.45. The van der Waals surface area contributed by atoms with Gasteiger partial charge in [0, 0.05) is 34.7 Å². The average molecular weight is 479 g/mol. The molecule has 2 aromatic heterocycles. The molecule has 0 amide bonds. The van der Waals surface area contributed by atoms with Crippen LogP contribution in [0.25, 0.3) is 10.9 Å². The third-order valence-corrected chi connectivity index (χ3v) is 8.03. The Morgan fingerprint density at radius 1 is 1.21 bits per heavy atom. The number of alkyl halides is 1. The number of aryl methyl sites for hydroxylation is 3. The van der Waals surface area contributed by atoms with Gasteiger partial charge in [0.25, 0.3) is 15.6 Å². The van der Waals surface area contributed by atoms with E-state index in [1.807, 2.05) is 19.1 Å². The Bertz CT molecular complexity index is 1260. The lowest BCUT2D eigenvalue weighted by Crippen LogP contribution is -2.24. The molecule has 0 radical (unpaired) electrons. The molecule has 1 N–H and O–H groups in total. The largest absolute Gasteiger partial charge is 0.387 e.